The molecule has 1 aromatic carbocycles. The minimum Gasteiger partial charge on any atom is -0.306 e. The summed E-state index contributed by atoms with van der Waals surface area (Å²) in [6, 6.07) is 6.29. The second-order valence-corrected chi connectivity index (χ2v) is 8.84. The number of hydrogen-bond acceptors (Lipinski definition) is 6. The summed E-state index contributed by atoms with van der Waals surface area (Å²) in [6.45, 7) is 5.13. The largest absolute Gasteiger partial charge is 0.306 e. The number of nitrogens with one attached hydrogen (secondary N) is 1. The molecular formula is C20H23N5OS2. The Balaban J connectivity index is 1.36. The van der Waals surface area contributed by atoms with Gasteiger partial charge in [-0.3, -0.25) is 4.79 Å². The number of amides is 1. The predicted molar refractivity (Wildman–Crippen MR) is 114 cm³/mol. The van der Waals surface area contributed by atoms with E-state index in [1.165, 1.54) is 40.6 Å². The highest BCUT2D eigenvalue weighted by Gasteiger charge is 2.16. The van der Waals surface area contributed by atoms with Crippen molar-refractivity contribution in [2.24, 2.45) is 0 Å². The third-order valence-electron chi connectivity index (χ3n) is 4.96. The highest BCUT2D eigenvalue weighted by atomic mass is 32.2. The summed E-state index contributed by atoms with van der Waals surface area (Å²) in [7, 11) is 0. The van der Waals surface area contributed by atoms with Gasteiger partial charge in [0.25, 0.3) is 0 Å². The fourth-order valence-electron chi connectivity index (χ4n) is 3.22. The first-order valence-corrected chi connectivity index (χ1v) is 11.3. The first kappa shape index (κ1) is 19.1. The summed E-state index contributed by atoms with van der Waals surface area (Å²) in [4.78, 5) is 16.9. The molecule has 2 aromatic heterocycles. The molecule has 1 aliphatic heterocycles. The molecule has 0 aliphatic carbocycles. The third-order valence-corrected chi connectivity index (χ3v) is 6.69. The van der Waals surface area contributed by atoms with E-state index in [2.05, 4.69) is 57.1 Å². The van der Waals surface area contributed by atoms with Crippen LogP contribution in [0, 0.1) is 13.8 Å². The van der Waals surface area contributed by atoms with E-state index in [1.54, 1.807) is 0 Å². The van der Waals surface area contributed by atoms with Crippen LogP contribution in [-0.4, -0.2) is 31.4 Å². The molecule has 0 spiro atoms. The standard InChI is InChI=1S/C20H23N5OS2/c1-13-7-8-15(10-14(13)2)16-11-27-19(21-16)22-18(26)12-28-20-24-23-17-6-4-3-5-9-25(17)20/h7-8,10-11H,3-6,9,12H2,1-2H3,(H,21,22,26). The number of anilines is 1. The Kier molecular flexibility index (Phi) is 5.77. The number of aromatic nitrogens is 4. The highest BCUT2D eigenvalue weighted by molar-refractivity contribution is 7.99. The van der Waals surface area contributed by atoms with Crippen LogP contribution < -0.4 is 5.32 Å². The smallest absolute Gasteiger partial charge is 0.236 e. The van der Waals surface area contributed by atoms with Gasteiger partial charge in [-0.1, -0.05) is 30.3 Å². The minimum absolute atomic E-state index is 0.0723. The summed E-state index contributed by atoms with van der Waals surface area (Å²) in [5.74, 6) is 1.27. The average Bonchev–Trinajstić information content (AvgIpc) is 3.23. The lowest BCUT2D eigenvalue weighted by Gasteiger charge is -2.06. The topological polar surface area (TPSA) is 72.7 Å². The van der Waals surface area contributed by atoms with Gasteiger partial charge in [0.15, 0.2) is 10.3 Å². The Hall–Kier alpha value is -2.19. The van der Waals surface area contributed by atoms with Gasteiger partial charge in [0.05, 0.1) is 11.4 Å². The summed E-state index contributed by atoms with van der Waals surface area (Å²) in [6.07, 6.45) is 4.50. The maximum atomic E-state index is 12.4. The van der Waals surface area contributed by atoms with Gasteiger partial charge in [0.1, 0.15) is 5.82 Å². The van der Waals surface area contributed by atoms with Crippen molar-refractivity contribution in [1.29, 1.82) is 0 Å². The molecule has 0 atom stereocenters. The van der Waals surface area contributed by atoms with Gasteiger partial charge < -0.3 is 9.88 Å². The average molecular weight is 414 g/mol. The van der Waals surface area contributed by atoms with Crippen LogP contribution >= 0.6 is 23.1 Å². The molecule has 0 unspecified atom stereocenters. The molecule has 3 heterocycles. The first-order valence-electron chi connectivity index (χ1n) is 9.48. The van der Waals surface area contributed by atoms with Crippen molar-refractivity contribution in [2.45, 2.75) is 51.2 Å². The van der Waals surface area contributed by atoms with Crippen LogP contribution in [0.2, 0.25) is 0 Å². The van der Waals surface area contributed by atoms with Crippen molar-refractivity contribution < 1.29 is 4.79 Å². The van der Waals surface area contributed by atoms with Crippen molar-refractivity contribution >= 4 is 34.1 Å². The van der Waals surface area contributed by atoms with Crippen LogP contribution in [0.3, 0.4) is 0 Å². The quantitative estimate of drug-likeness (QED) is 0.625. The number of hydrogen-bond donors (Lipinski definition) is 1. The minimum atomic E-state index is -0.0723. The second kappa shape index (κ2) is 8.45. The Morgan fingerprint density at radius 2 is 2.11 bits per heavy atom. The van der Waals surface area contributed by atoms with Gasteiger partial charge in [-0.15, -0.1) is 21.5 Å². The predicted octanol–water partition coefficient (Wildman–Crippen LogP) is 4.48. The zero-order valence-corrected chi connectivity index (χ0v) is 17.7. The van der Waals surface area contributed by atoms with Gasteiger partial charge in [-0.2, -0.15) is 0 Å². The molecule has 1 N–H and O–H groups in total. The Morgan fingerprint density at radius 3 is 2.96 bits per heavy atom. The van der Waals surface area contributed by atoms with Crippen LogP contribution in [0.4, 0.5) is 5.13 Å². The Bertz CT molecular complexity index is 994. The van der Waals surface area contributed by atoms with Crippen molar-refractivity contribution in [1.82, 2.24) is 19.7 Å². The molecule has 0 saturated carbocycles. The summed E-state index contributed by atoms with van der Waals surface area (Å²) in [5, 5.41) is 14.9. The summed E-state index contributed by atoms with van der Waals surface area (Å²) >= 11 is 2.89. The maximum Gasteiger partial charge on any atom is 0.236 e. The van der Waals surface area contributed by atoms with Crippen LogP contribution in [0.25, 0.3) is 11.3 Å². The number of rotatable bonds is 5. The van der Waals surface area contributed by atoms with Gasteiger partial charge in [-0.25, -0.2) is 4.98 Å². The van der Waals surface area contributed by atoms with E-state index < -0.39 is 0 Å². The number of carbonyl (C=O) groups is 1. The van der Waals surface area contributed by atoms with Crippen LogP contribution in [0.15, 0.2) is 28.7 Å². The van der Waals surface area contributed by atoms with E-state index in [4.69, 9.17) is 0 Å². The molecule has 146 valence electrons. The van der Waals surface area contributed by atoms with Gasteiger partial charge >= 0.3 is 0 Å². The summed E-state index contributed by atoms with van der Waals surface area (Å²) in [5.41, 5.74) is 4.45. The summed E-state index contributed by atoms with van der Waals surface area (Å²) < 4.78 is 2.16. The highest BCUT2D eigenvalue weighted by Crippen LogP contribution is 2.27. The van der Waals surface area contributed by atoms with Crippen molar-refractivity contribution in [3.63, 3.8) is 0 Å². The first-order chi connectivity index (χ1) is 13.6. The van der Waals surface area contributed by atoms with Crippen molar-refractivity contribution in [3.8, 4) is 11.3 Å². The Labute approximate surface area is 172 Å². The van der Waals surface area contributed by atoms with Gasteiger partial charge in [0.2, 0.25) is 5.91 Å². The molecule has 0 fully saturated rings. The van der Waals surface area contributed by atoms with Crippen molar-refractivity contribution in [3.05, 3.63) is 40.5 Å². The number of benzene rings is 1. The number of carbonyl (C=O) groups excluding carboxylic acids is 1. The number of thioether (sulfide) groups is 1. The van der Waals surface area contributed by atoms with E-state index in [1.807, 2.05) is 5.38 Å². The van der Waals surface area contributed by atoms with Crippen LogP contribution in [0.5, 0.6) is 0 Å². The molecule has 6 nitrogen and oxygen atoms in total. The van der Waals surface area contributed by atoms with Crippen molar-refractivity contribution in [2.75, 3.05) is 11.1 Å². The number of fused-ring (bicyclic) bond motifs is 1. The van der Waals surface area contributed by atoms with E-state index in [0.717, 1.165) is 48.0 Å². The third kappa shape index (κ3) is 4.28. The lowest BCUT2D eigenvalue weighted by molar-refractivity contribution is -0.113. The maximum absolute atomic E-state index is 12.4. The molecule has 8 heteroatoms. The van der Waals surface area contributed by atoms with E-state index in [9.17, 15) is 4.79 Å². The fraction of sp³-hybridized carbons (Fsp3) is 0.400. The fourth-order valence-corrected chi connectivity index (χ4v) is 4.73. The monoisotopic (exact) mass is 413 g/mol. The van der Waals surface area contributed by atoms with Gasteiger partial charge in [-0.05, 0) is 43.9 Å². The molecule has 0 saturated heterocycles. The normalized spacial score (nSPS) is 13.8. The lowest BCUT2D eigenvalue weighted by atomic mass is 10.1. The molecular weight excluding hydrogens is 390 g/mol. The molecule has 0 bridgehead atoms. The number of aryl methyl sites for hydroxylation is 3. The van der Waals surface area contributed by atoms with E-state index in [-0.39, 0.29) is 5.91 Å². The lowest BCUT2D eigenvalue weighted by Crippen LogP contribution is -2.14. The second-order valence-electron chi connectivity index (χ2n) is 7.03. The molecule has 0 radical (unpaired) electrons. The van der Waals surface area contributed by atoms with Crippen LogP contribution in [-0.2, 0) is 17.8 Å². The van der Waals surface area contributed by atoms with E-state index in [0.29, 0.717) is 10.9 Å². The zero-order chi connectivity index (χ0) is 19.5. The van der Waals surface area contributed by atoms with E-state index >= 15 is 0 Å². The number of nitrogens with zero attached hydrogens (tertiary/aromatic N) is 4. The van der Waals surface area contributed by atoms with Gasteiger partial charge in [0, 0.05) is 23.9 Å². The molecule has 3 aromatic rings. The zero-order valence-electron chi connectivity index (χ0n) is 16.1. The number of thiazole rings is 1. The molecule has 4 rings (SSSR count). The molecule has 28 heavy (non-hydrogen) atoms. The Morgan fingerprint density at radius 1 is 1.21 bits per heavy atom. The molecule has 1 aliphatic rings. The molecule has 1 amide bonds. The van der Waals surface area contributed by atoms with Crippen LogP contribution in [0.1, 0.15) is 36.2 Å². The SMILES string of the molecule is Cc1ccc(-c2csc(NC(=O)CSc3nnc4n3CCCCC4)n2)cc1C.